The quantitative estimate of drug-likeness (QED) is 0.492. The zero-order valence-electron chi connectivity index (χ0n) is 15.6. The summed E-state index contributed by atoms with van der Waals surface area (Å²) in [4.78, 5) is 24.4. The molecule has 8 heteroatoms. The molecule has 2 aromatic heterocycles. The van der Waals surface area contributed by atoms with Crippen molar-refractivity contribution in [3.63, 3.8) is 0 Å². The van der Waals surface area contributed by atoms with Crippen LogP contribution in [0.5, 0.6) is 5.75 Å². The molecule has 0 aliphatic heterocycles. The first-order valence-corrected chi connectivity index (χ1v) is 8.89. The fraction of sp³-hybridized carbons (Fsp3) is 0.200. The number of aryl methyl sites for hydroxylation is 1. The van der Waals surface area contributed by atoms with Gasteiger partial charge in [0.05, 0.1) is 0 Å². The summed E-state index contributed by atoms with van der Waals surface area (Å²) in [7, 11) is 0. The minimum atomic E-state index is -0.177. The smallest absolute Gasteiger partial charge is 0.258 e. The normalized spacial score (nSPS) is 10.2. The number of anilines is 3. The van der Waals surface area contributed by atoms with Crippen LogP contribution in [0.4, 0.5) is 17.5 Å². The van der Waals surface area contributed by atoms with Crippen molar-refractivity contribution in [2.45, 2.75) is 6.92 Å². The average Bonchev–Trinajstić information content (AvgIpc) is 2.71. The predicted molar refractivity (Wildman–Crippen MR) is 108 cm³/mol. The van der Waals surface area contributed by atoms with Crippen LogP contribution in [0.3, 0.4) is 0 Å². The molecular formula is C20H22N6O2. The molecule has 0 aliphatic carbocycles. The van der Waals surface area contributed by atoms with Gasteiger partial charge in [0.2, 0.25) is 0 Å². The number of nitrogens with zero attached hydrogens (tertiary/aromatic N) is 3. The number of aromatic nitrogens is 3. The van der Waals surface area contributed by atoms with Crippen molar-refractivity contribution in [2.75, 3.05) is 30.3 Å². The Morgan fingerprint density at radius 3 is 2.68 bits per heavy atom. The number of carbonyl (C=O) groups excluding carboxylic acids is 1. The van der Waals surface area contributed by atoms with Gasteiger partial charge in [0.15, 0.2) is 6.61 Å². The standard InChI is InChI=1S/C20H22N6O2/c1-15-5-4-6-16(11-15)28-13-20(27)23-10-9-22-18-12-19(25-14-24-18)26-17-7-2-3-8-21-17/h2-8,11-12,14H,9-10,13H2,1H3,(H,23,27)(H2,21,22,24,25,26). The van der Waals surface area contributed by atoms with E-state index in [0.717, 1.165) is 5.56 Å². The van der Waals surface area contributed by atoms with Crippen LogP contribution in [0.2, 0.25) is 0 Å². The number of hydrogen-bond donors (Lipinski definition) is 3. The van der Waals surface area contributed by atoms with Gasteiger partial charge in [0.1, 0.15) is 29.5 Å². The summed E-state index contributed by atoms with van der Waals surface area (Å²) in [5.41, 5.74) is 1.09. The fourth-order valence-corrected chi connectivity index (χ4v) is 2.39. The number of hydrogen-bond acceptors (Lipinski definition) is 7. The maximum atomic E-state index is 11.9. The average molecular weight is 378 g/mol. The van der Waals surface area contributed by atoms with E-state index >= 15 is 0 Å². The second-order valence-corrected chi connectivity index (χ2v) is 6.01. The zero-order chi connectivity index (χ0) is 19.6. The Morgan fingerprint density at radius 1 is 0.964 bits per heavy atom. The van der Waals surface area contributed by atoms with Gasteiger partial charge >= 0.3 is 0 Å². The van der Waals surface area contributed by atoms with Gasteiger partial charge in [-0.1, -0.05) is 18.2 Å². The molecule has 0 saturated heterocycles. The molecule has 0 radical (unpaired) electrons. The lowest BCUT2D eigenvalue weighted by Gasteiger charge is -2.10. The molecule has 2 heterocycles. The molecule has 0 atom stereocenters. The number of nitrogens with one attached hydrogen (secondary N) is 3. The number of amides is 1. The first-order valence-electron chi connectivity index (χ1n) is 8.89. The number of carbonyl (C=O) groups is 1. The summed E-state index contributed by atoms with van der Waals surface area (Å²) in [6.45, 7) is 2.93. The number of ether oxygens (including phenoxy) is 1. The van der Waals surface area contributed by atoms with E-state index < -0.39 is 0 Å². The highest BCUT2D eigenvalue weighted by Gasteiger charge is 2.03. The third-order valence-corrected chi connectivity index (χ3v) is 3.70. The van der Waals surface area contributed by atoms with E-state index in [9.17, 15) is 4.79 Å². The van der Waals surface area contributed by atoms with Crippen molar-refractivity contribution in [1.29, 1.82) is 0 Å². The molecule has 0 saturated carbocycles. The van der Waals surface area contributed by atoms with E-state index in [2.05, 4.69) is 30.9 Å². The topological polar surface area (TPSA) is 101 Å². The molecule has 0 bridgehead atoms. The van der Waals surface area contributed by atoms with Crippen molar-refractivity contribution >= 4 is 23.4 Å². The molecule has 0 aliphatic rings. The zero-order valence-corrected chi connectivity index (χ0v) is 15.6. The molecule has 28 heavy (non-hydrogen) atoms. The Hall–Kier alpha value is -3.68. The van der Waals surface area contributed by atoms with Crippen LogP contribution >= 0.6 is 0 Å². The van der Waals surface area contributed by atoms with E-state index in [1.807, 2.05) is 49.4 Å². The van der Waals surface area contributed by atoms with Gasteiger partial charge < -0.3 is 20.7 Å². The molecule has 0 fully saturated rings. The summed E-state index contributed by atoms with van der Waals surface area (Å²) in [6, 6.07) is 14.9. The van der Waals surface area contributed by atoms with Crippen molar-refractivity contribution in [2.24, 2.45) is 0 Å². The van der Waals surface area contributed by atoms with Gasteiger partial charge in [-0.15, -0.1) is 0 Å². The molecule has 144 valence electrons. The van der Waals surface area contributed by atoms with Gasteiger partial charge in [-0.2, -0.15) is 0 Å². The van der Waals surface area contributed by atoms with Crippen LogP contribution in [0, 0.1) is 6.92 Å². The van der Waals surface area contributed by atoms with E-state index in [0.29, 0.717) is 36.3 Å². The van der Waals surface area contributed by atoms with Gasteiger partial charge in [-0.05, 0) is 36.8 Å². The second kappa shape index (κ2) is 9.86. The lowest BCUT2D eigenvalue weighted by atomic mass is 10.2. The van der Waals surface area contributed by atoms with Crippen LogP contribution in [0.25, 0.3) is 0 Å². The monoisotopic (exact) mass is 378 g/mol. The highest BCUT2D eigenvalue weighted by atomic mass is 16.5. The SMILES string of the molecule is Cc1cccc(OCC(=O)NCCNc2cc(Nc3ccccn3)ncn2)c1. The van der Waals surface area contributed by atoms with E-state index in [1.165, 1.54) is 6.33 Å². The second-order valence-electron chi connectivity index (χ2n) is 6.01. The first kappa shape index (κ1) is 19.1. The molecule has 3 rings (SSSR count). The molecule has 1 aromatic carbocycles. The van der Waals surface area contributed by atoms with E-state index in [1.54, 1.807) is 12.3 Å². The lowest BCUT2D eigenvalue weighted by Crippen LogP contribution is -2.32. The lowest BCUT2D eigenvalue weighted by molar-refractivity contribution is -0.123. The summed E-state index contributed by atoms with van der Waals surface area (Å²) in [6.07, 6.45) is 3.16. The molecule has 3 N–H and O–H groups in total. The third kappa shape index (κ3) is 6.24. The van der Waals surface area contributed by atoms with Crippen LogP contribution in [-0.4, -0.2) is 40.6 Å². The molecule has 1 amide bonds. The fourth-order valence-electron chi connectivity index (χ4n) is 2.39. The number of benzene rings is 1. The molecule has 8 nitrogen and oxygen atoms in total. The summed E-state index contributed by atoms with van der Waals surface area (Å²) < 4.78 is 5.47. The maximum absolute atomic E-state index is 11.9. The third-order valence-electron chi connectivity index (χ3n) is 3.70. The minimum Gasteiger partial charge on any atom is -0.484 e. The van der Waals surface area contributed by atoms with Crippen molar-refractivity contribution in [3.8, 4) is 5.75 Å². The Balaban J connectivity index is 1.38. The predicted octanol–water partition coefficient (Wildman–Crippen LogP) is 2.53. The van der Waals surface area contributed by atoms with E-state index in [-0.39, 0.29) is 12.5 Å². The maximum Gasteiger partial charge on any atom is 0.258 e. The number of rotatable bonds is 9. The molecular weight excluding hydrogens is 356 g/mol. The van der Waals surface area contributed by atoms with Crippen LogP contribution in [0.1, 0.15) is 5.56 Å². The van der Waals surface area contributed by atoms with Gasteiger partial charge in [0.25, 0.3) is 5.91 Å². The molecule has 0 unspecified atom stereocenters. The van der Waals surface area contributed by atoms with Crippen molar-refractivity contribution < 1.29 is 9.53 Å². The minimum absolute atomic E-state index is 0.0187. The van der Waals surface area contributed by atoms with Crippen LogP contribution in [-0.2, 0) is 4.79 Å². The van der Waals surface area contributed by atoms with Gasteiger partial charge in [-0.3, -0.25) is 4.79 Å². The van der Waals surface area contributed by atoms with Gasteiger partial charge in [0, 0.05) is 25.4 Å². The highest BCUT2D eigenvalue weighted by Crippen LogP contribution is 2.13. The van der Waals surface area contributed by atoms with E-state index in [4.69, 9.17) is 4.74 Å². The van der Waals surface area contributed by atoms with Crippen LogP contribution in [0.15, 0.2) is 61.1 Å². The Kier molecular flexibility index (Phi) is 6.73. The van der Waals surface area contributed by atoms with Crippen molar-refractivity contribution in [3.05, 3.63) is 66.6 Å². The summed E-state index contributed by atoms with van der Waals surface area (Å²) in [5.74, 6) is 2.49. The Bertz CT molecular complexity index is 904. The van der Waals surface area contributed by atoms with Gasteiger partial charge in [-0.25, -0.2) is 15.0 Å². The Morgan fingerprint density at radius 2 is 1.86 bits per heavy atom. The van der Waals surface area contributed by atoms with Crippen molar-refractivity contribution in [1.82, 2.24) is 20.3 Å². The first-order chi connectivity index (χ1) is 13.7. The summed E-state index contributed by atoms with van der Waals surface area (Å²) in [5, 5.41) is 9.04. The molecule has 3 aromatic rings. The van der Waals surface area contributed by atoms with Crippen LogP contribution < -0.4 is 20.7 Å². The Labute approximate surface area is 163 Å². The number of pyridine rings is 1. The summed E-state index contributed by atoms with van der Waals surface area (Å²) >= 11 is 0. The highest BCUT2D eigenvalue weighted by molar-refractivity contribution is 5.77. The molecule has 0 spiro atoms. The largest absolute Gasteiger partial charge is 0.484 e.